The second kappa shape index (κ2) is 23.1. The molecule has 0 fully saturated rings. The van der Waals surface area contributed by atoms with Gasteiger partial charge in [0.1, 0.15) is 23.2 Å². The van der Waals surface area contributed by atoms with E-state index in [0.29, 0.717) is 95.1 Å². The van der Waals surface area contributed by atoms with Crippen LogP contribution in [0, 0.1) is 0 Å². The Labute approximate surface area is 384 Å². The fourth-order valence-corrected chi connectivity index (χ4v) is 10.6. The lowest BCUT2D eigenvalue weighted by Gasteiger charge is -2.23. The zero-order valence-corrected chi connectivity index (χ0v) is 40.8. The number of hydrogen-bond donors (Lipinski definition) is 4. The van der Waals surface area contributed by atoms with Crippen molar-refractivity contribution in [2.45, 2.75) is 151 Å². The number of carbonyl (C=O) groups is 3. The fraction of sp³-hybridized carbons (Fsp3) is 0.622. The van der Waals surface area contributed by atoms with Gasteiger partial charge in [-0.1, -0.05) is 25.7 Å². The van der Waals surface area contributed by atoms with Gasteiger partial charge in [-0.2, -0.15) is 26.0 Å². The summed E-state index contributed by atoms with van der Waals surface area (Å²) in [6.07, 6.45) is 9.69. The first kappa shape index (κ1) is 53.5. The van der Waals surface area contributed by atoms with Crippen LogP contribution in [0.4, 0.5) is 11.4 Å². The Kier molecular flexibility index (Phi) is 19.0. The molecule has 4 N–H and O–H groups in total. The van der Waals surface area contributed by atoms with Gasteiger partial charge in [-0.05, 0) is 83.1 Å². The van der Waals surface area contributed by atoms with E-state index in [0.717, 1.165) is 54.8 Å². The van der Waals surface area contributed by atoms with Crippen LogP contribution >= 0.6 is 0 Å². The van der Waals surface area contributed by atoms with Crippen molar-refractivity contribution in [2.75, 3.05) is 39.0 Å². The second-order valence-corrected chi connectivity index (χ2v) is 22.0. The second-order valence-electron chi connectivity index (χ2n) is 17.6. The summed E-state index contributed by atoms with van der Waals surface area (Å²) in [6.45, 7) is 9.75. The lowest BCUT2D eigenvalue weighted by atomic mass is 9.76. The molecule has 4 rings (SSSR count). The standard InChI is InChI=1S/C45H66N4O13S3/c1-33-44(3,25-13-7-11-19-43(52)62-5)37-31-35(64(56,57)58)20-22-39(37)48(33)28-14-8-10-18-42(51)47-27-15-26-46-41(50)17-9-6-12-24-45(4)34(2)49(29-16-30-63(53,54)55)40-23-21-36(32-38(40)45)65(59,60)61/h20-23,31-32H,6-19,24-30H2,1-5H3,(H3-2,46,47,50,51,53,54,55,56,57,58,59,60,61)/p+1. The minimum atomic E-state index is -4.71. The van der Waals surface area contributed by atoms with E-state index < -0.39 is 46.9 Å². The molecule has 2 aromatic carbocycles. The van der Waals surface area contributed by atoms with Crippen molar-refractivity contribution in [3.63, 3.8) is 0 Å². The van der Waals surface area contributed by atoms with Crippen molar-refractivity contribution in [3.8, 4) is 0 Å². The number of methoxy groups -OCH3 is 1. The van der Waals surface area contributed by atoms with Crippen molar-refractivity contribution in [1.82, 2.24) is 10.6 Å². The molecule has 2 heterocycles. The molecular formula is C45H67N4O13S3+. The summed E-state index contributed by atoms with van der Waals surface area (Å²) in [7, 11) is -11.9. The number of nitrogens with zero attached hydrogens (tertiary/aromatic N) is 2. The van der Waals surface area contributed by atoms with E-state index in [1.54, 1.807) is 18.2 Å². The first-order chi connectivity index (χ1) is 30.4. The first-order valence-corrected chi connectivity index (χ1v) is 26.9. The molecule has 0 aromatic heterocycles. The number of rotatable bonds is 28. The van der Waals surface area contributed by atoms with Crippen LogP contribution in [-0.4, -0.2) is 116 Å². The molecule has 2 amide bonds. The molecule has 0 saturated carbocycles. The Morgan fingerprint density at radius 1 is 0.631 bits per heavy atom. The highest BCUT2D eigenvalue weighted by Crippen LogP contribution is 2.45. The number of benzene rings is 2. The predicted octanol–water partition coefficient (Wildman–Crippen LogP) is 5.82. The summed E-state index contributed by atoms with van der Waals surface area (Å²) >= 11 is 0. The highest BCUT2D eigenvalue weighted by atomic mass is 32.2. The monoisotopic (exact) mass is 967 g/mol. The van der Waals surface area contributed by atoms with E-state index in [1.807, 2.05) is 25.3 Å². The zero-order chi connectivity index (χ0) is 48.2. The Morgan fingerprint density at radius 3 is 1.54 bits per heavy atom. The molecule has 2 aromatic rings. The first-order valence-electron chi connectivity index (χ1n) is 22.4. The van der Waals surface area contributed by atoms with Crippen LogP contribution < -0.4 is 10.6 Å². The Bertz CT molecular complexity index is 2470. The molecule has 0 spiro atoms. The average molecular weight is 968 g/mol. The van der Waals surface area contributed by atoms with Crippen molar-refractivity contribution in [1.29, 1.82) is 0 Å². The fourth-order valence-electron chi connectivity index (χ4n) is 9.08. The predicted molar refractivity (Wildman–Crippen MR) is 245 cm³/mol. The Balaban J connectivity index is 1.15. The van der Waals surface area contributed by atoms with Crippen molar-refractivity contribution in [2.24, 2.45) is 0 Å². The lowest BCUT2D eigenvalue weighted by Crippen LogP contribution is -2.31. The summed E-state index contributed by atoms with van der Waals surface area (Å²) in [5, 5.41) is 5.81. The van der Waals surface area contributed by atoms with Gasteiger partial charge in [0, 0.05) is 82.3 Å². The van der Waals surface area contributed by atoms with Gasteiger partial charge in [0.15, 0.2) is 11.4 Å². The number of amides is 2. The normalized spacial score (nSPS) is 18.5. The number of hydrogen-bond acceptors (Lipinski definition) is 11. The Morgan fingerprint density at radius 2 is 1.08 bits per heavy atom. The topological polar surface area (TPSA) is 256 Å². The largest absolute Gasteiger partial charge is 0.744 e. The molecule has 0 bridgehead atoms. The van der Waals surface area contributed by atoms with E-state index in [1.165, 1.54) is 25.3 Å². The SMILES string of the molecule is COC(=O)CCCCCC1(C)C(C)=[N+](CCCCCC(=O)NCCCNC(=O)CCCCCC2(C)C(C)=[N+](CCCS(=O)(=O)O)c3ccc(S(=O)(=O)[O-])cc32)c2ccc(S(=O)(=O)O)cc21. The maximum absolute atomic E-state index is 12.6. The van der Waals surface area contributed by atoms with Gasteiger partial charge in [-0.25, -0.2) is 8.42 Å². The highest BCUT2D eigenvalue weighted by Gasteiger charge is 2.47. The van der Waals surface area contributed by atoms with E-state index >= 15 is 0 Å². The third kappa shape index (κ3) is 14.7. The van der Waals surface area contributed by atoms with Crippen molar-refractivity contribution < 1.29 is 67.2 Å². The molecule has 17 nitrogen and oxygen atoms in total. The van der Waals surface area contributed by atoms with Crippen LogP contribution in [0.5, 0.6) is 0 Å². The highest BCUT2D eigenvalue weighted by molar-refractivity contribution is 7.86. The minimum Gasteiger partial charge on any atom is -0.744 e. The van der Waals surface area contributed by atoms with Gasteiger partial charge in [-0.3, -0.25) is 23.5 Å². The van der Waals surface area contributed by atoms with Crippen LogP contribution in [0.15, 0.2) is 46.2 Å². The van der Waals surface area contributed by atoms with Crippen LogP contribution in [0.25, 0.3) is 0 Å². The molecule has 0 radical (unpaired) electrons. The third-order valence-corrected chi connectivity index (χ3v) is 15.6. The van der Waals surface area contributed by atoms with E-state index in [-0.39, 0.29) is 40.5 Å². The number of ether oxygens (including phenoxy) is 1. The van der Waals surface area contributed by atoms with Gasteiger partial charge in [0.2, 0.25) is 23.2 Å². The van der Waals surface area contributed by atoms with E-state index in [4.69, 9.17) is 4.74 Å². The number of esters is 1. The molecule has 2 atom stereocenters. The molecule has 2 aliphatic heterocycles. The summed E-state index contributed by atoms with van der Waals surface area (Å²) in [4.78, 5) is 36.2. The molecule has 20 heteroatoms. The lowest BCUT2D eigenvalue weighted by molar-refractivity contribution is -0.439. The van der Waals surface area contributed by atoms with Crippen molar-refractivity contribution >= 4 is 70.9 Å². The third-order valence-electron chi connectivity index (χ3n) is 13.1. The van der Waals surface area contributed by atoms with Gasteiger partial charge in [-0.15, -0.1) is 0 Å². The quantitative estimate of drug-likeness (QED) is 0.0340. The molecule has 2 unspecified atom stereocenters. The van der Waals surface area contributed by atoms with E-state index in [9.17, 15) is 53.3 Å². The molecular weight excluding hydrogens is 901 g/mol. The van der Waals surface area contributed by atoms with Crippen LogP contribution in [-0.2, 0) is 60.3 Å². The number of unbranched alkanes of at least 4 members (excludes halogenated alkanes) is 6. The van der Waals surface area contributed by atoms with Gasteiger partial charge < -0.3 is 19.9 Å². The van der Waals surface area contributed by atoms with Crippen LogP contribution in [0.3, 0.4) is 0 Å². The number of carbonyl (C=O) groups excluding carboxylic acids is 3. The summed E-state index contributed by atoms with van der Waals surface area (Å²) in [5.74, 6) is -0.845. The molecule has 2 aliphatic rings. The van der Waals surface area contributed by atoms with Gasteiger partial charge in [0.05, 0.1) is 33.5 Å². The van der Waals surface area contributed by atoms with Gasteiger partial charge in [0.25, 0.3) is 20.2 Å². The molecule has 362 valence electrons. The average Bonchev–Trinajstić information content (AvgIpc) is 3.56. The molecule has 65 heavy (non-hydrogen) atoms. The van der Waals surface area contributed by atoms with Gasteiger partial charge >= 0.3 is 5.97 Å². The molecule has 0 aliphatic carbocycles. The zero-order valence-electron chi connectivity index (χ0n) is 38.3. The summed E-state index contributed by atoms with van der Waals surface area (Å²) in [6, 6.07) is 8.92. The Hall–Kier alpha value is -4.08. The summed E-state index contributed by atoms with van der Waals surface area (Å²) in [5.41, 5.74) is 3.93. The van der Waals surface area contributed by atoms with E-state index in [2.05, 4.69) is 22.1 Å². The van der Waals surface area contributed by atoms with Crippen molar-refractivity contribution in [3.05, 3.63) is 47.5 Å². The number of fused-ring (bicyclic) bond motifs is 2. The maximum atomic E-state index is 12.6. The molecule has 0 saturated heterocycles. The summed E-state index contributed by atoms with van der Waals surface area (Å²) < 4.78 is 110. The minimum absolute atomic E-state index is 0.0683. The smallest absolute Gasteiger partial charge is 0.305 e. The number of nitrogens with one attached hydrogen (secondary N) is 2. The van der Waals surface area contributed by atoms with Crippen LogP contribution in [0.1, 0.15) is 142 Å². The van der Waals surface area contributed by atoms with Crippen LogP contribution in [0.2, 0.25) is 0 Å². The maximum Gasteiger partial charge on any atom is 0.305 e.